The summed E-state index contributed by atoms with van der Waals surface area (Å²) in [6.07, 6.45) is 1.26. The molecule has 6 heteroatoms. The number of aryl methyl sites for hydroxylation is 1. The van der Waals surface area contributed by atoms with Crippen molar-refractivity contribution in [1.29, 1.82) is 0 Å². The number of amides is 1. The van der Waals surface area contributed by atoms with Gasteiger partial charge in [-0.25, -0.2) is 8.42 Å². The molecule has 1 unspecified atom stereocenters. The minimum atomic E-state index is -3.10. The lowest BCUT2D eigenvalue weighted by atomic mass is 10.1. The van der Waals surface area contributed by atoms with Crippen molar-refractivity contribution in [3.8, 4) is 0 Å². The number of hydrogen-bond donors (Lipinski definition) is 2. The van der Waals surface area contributed by atoms with E-state index in [9.17, 15) is 13.2 Å². The van der Waals surface area contributed by atoms with Gasteiger partial charge >= 0.3 is 0 Å². The highest BCUT2D eigenvalue weighted by Gasteiger charge is 2.18. The zero-order chi connectivity index (χ0) is 15.3. The quantitative estimate of drug-likeness (QED) is 0.817. The maximum absolute atomic E-state index is 11.9. The summed E-state index contributed by atoms with van der Waals surface area (Å²) in [5.74, 6) is -0.414. The Morgan fingerprint density at radius 2 is 2.05 bits per heavy atom. The first-order valence-corrected chi connectivity index (χ1v) is 8.55. The number of benzene rings is 1. The lowest BCUT2D eigenvalue weighted by Gasteiger charge is -2.18. The first-order valence-electron chi connectivity index (χ1n) is 6.49. The van der Waals surface area contributed by atoms with Crippen LogP contribution in [0, 0.1) is 6.92 Å². The number of nitrogens with one attached hydrogen (secondary N) is 1. The van der Waals surface area contributed by atoms with Crippen LogP contribution in [-0.2, 0) is 14.6 Å². The highest BCUT2D eigenvalue weighted by Crippen LogP contribution is 2.13. The molecule has 1 aromatic carbocycles. The van der Waals surface area contributed by atoms with Crippen molar-refractivity contribution >= 4 is 15.7 Å². The van der Waals surface area contributed by atoms with Gasteiger partial charge in [-0.1, -0.05) is 29.8 Å². The van der Waals surface area contributed by atoms with Crippen molar-refractivity contribution < 1.29 is 13.2 Å². The van der Waals surface area contributed by atoms with Crippen LogP contribution in [0.4, 0.5) is 0 Å². The van der Waals surface area contributed by atoms with Crippen LogP contribution in [-0.4, -0.2) is 32.4 Å². The number of sulfone groups is 1. The predicted molar refractivity (Wildman–Crippen MR) is 80.0 cm³/mol. The molecule has 0 bridgehead atoms. The van der Waals surface area contributed by atoms with Gasteiger partial charge in [-0.2, -0.15) is 0 Å². The topological polar surface area (TPSA) is 89.3 Å². The third kappa shape index (κ3) is 5.71. The van der Waals surface area contributed by atoms with Crippen LogP contribution in [0.25, 0.3) is 0 Å². The third-order valence-corrected chi connectivity index (χ3v) is 4.01. The molecule has 1 amide bonds. The van der Waals surface area contributed by atoms with Crippen molar-refractivity contribution in [3.05, 3.63) is 35.4 Å². The molecular weight excluding hydrogens is 276 g/mol. The molecule has 0 saturated heterocycles. The molecule has 2 atom stereocenters. The Morgan fingerprint density at radius 1 is 1.40 bits per heavy atom. The zero-order valence-electron chi connectivity index (χ0n) is 12.1. The van der Waals surface area contributed by atoms with E-state index in [1.54, 1.807) is 0 Å². The van der Waals surface area contributed by atoms with E-state index in [2.05, 4.69) is 5.32 Å². The molecule has 1 aromatic rings. The van der Waals surface area contributed by atoms with Gasteiger partial charge < -0.3 is 11.1 Å². The second kappa shape index (κ2) is 6.85. The predicted octanol–water partition coefficient (Wildman–Crippen LogP) is 0.934. The molecule has 0 heterocycles. The van der Waals surface area contributed by atoms with E-state index in [0.717, 1.165) is 17.4 Å². The monoisotopic (exact) mass is 298 g/mol. The summed E-state index contributed by atoms with van der Waals surface area (Å²) < 4.78 is 22.1. The largest absolute Gasteiger partial charge is 0.348 e. The van der Waals surface area contributed by atoms with E-state index < -0.39 is 15.9 Å². The molecule has 1 rings (SSSR count). The Bertz CT molecular complexity index is 570. The second-order valence-corrected chi connectivity index (χ2v) is 7.43. The number of carbonyl (C=O) groups is 1. The molecule has 112 valence electrons. The Hall–Kier alpha value is -1.40. The summed E-state index contributed by atoms with van der Waals surface area (Å²) in [6, 6.07) is 6.86. The molecule has 0 saturated carbocycles. The smallest absolute Gasteiger partial charge is 0.237 e. The number of hydrogen-bond acceptors (Lipinski definition) is 4. The fourth-order valence-electron chi connectivity index (χ4n) is 1.82. The number of nitrogens with two attached hydrogens (primary N) is 1. The van der Waals surface area contributed by atoms with Crippen LogP contribution in [0.15, 0.2) is 24.3 Å². The Kier molecular flexibility index (Phi) is 5.71. The van der Waals surface area contributed by atoms with Crippen LogP contribution >= 0.6 is 0 Å². The summed E-state index contributed by atoms with van der Waals surface area (Å²) in [5, 5.41) is 2.80. The van der Waals surface area contributed by atoms with E-state index in [1.807, 2.05) is 38.1 Å². The average molecular weight is 298 g/mol. The van der Waals surface area contributed by atoms with Gasteiger partial charge in [-0.05, 0) is 25.8 Å². The van der Waals surface area contributed by atoms with Gasteiger partial charge in [0.25, 0.3) is 0 Å². The number of carbonyl (C=O) groups excluding carboxylic acids is 1. The summed E-state index contributed by atoms with van der Waals surface area (Å²) in [5.41, 5.74) is 7.81. The average Bonchev–Trinajstić information content (AvgIpc) is 2.34. The molecule has 0 aliphatic rings. The SMILES string of the molecule is Cc1cccc([C@@H](C)NC(=O)C(N)CCS(C)(=O)=O)c1. The van der Waals surface area contributed by atoms with E-state index in [0.29, 0.717) is 0 Å². The molecule has 0 spiro atoms. The van der Waals surface area contributed by atoms with E-state index in [1.165, 1.54) is 0 Å². The van der Waals surface area contributed by atoms with Crippen molar-refractivity contribution in [2.45, 2.75) is 32.4 Å². The summed E-state index contributed by atoms with van der Waals surface area (Å²) >= 11 is 0. The van der Waals surface area contributed by atoms with Gasteiger partial charge in [-0.3, -0.25) is 4.79 Å². The highest BCUT2D eigenvalue weighted by molar-refractivity contribution is 7.90. The lowest BCUT2D eigenvalue weighted by molar-refractivity contribution is -0.123. The number of rotatable bonds is 6. The fourth-order valence-corrected chi connectivity index (χ4v) is 2.50. The van der Waals surface area contributed by atoms with Gasteiger partial charge in [0.05, 0.1) is 17.8 Å². The van der Waals surface area contributed by atoms with E-state index >= 15 is 0 Å². The van der Waals surface area contributed by atoms with Gasteiger partial charge in [0.1, 0.15) is 9.84 Å². The fraction of sp³-hybridized carbons (Fsp3) is 0.500. The van der Waals surface area contributed by atoms with E-state index in [4.69, 9.17) is 5.73 Å². The minimum absolute atomic E-state index is 0.0829. The first kappa shape index (κ1) is 16.7. The summed E-state index contributed by atoms with van der Waals surface area (Å²) in [6.45, 7) is 3.85. The van der Waals surface area contributed by atoms with Crippen molar-refractivity contribution in [2.75, 3.05) is 12.0 Å². The Balaban J connectivity index is 2.57. The molecular formula is C14H22N2O3S. The zero-order valence-corrected chi connectivity index (χ0v) is 12.9. The lowest BCUT2D eigenvalue weighted by Crippen LogP contribution is -2.42. The van der Waals surface area contributed by atoms with Gasteiger partial charge in [0.2, 0.25) is 5.91 Å². The van der Waals surface area contributed by atoms with Gasteiger partial charge in [-0.15, -0.1) is 0 Å². The maximum atomic E-state index is 11.9. The van der Waals surface area contributed by atoms with Crippen LogP contribution < -0.4 is 11.1 Å². The van der Waals surface area contributed by atoms with Crippen LogP contribution in [0.3, 0.4) is 0 Å². The molecule has 0 radical (unpaired) electrons. The molecule has 0 aliphatic carbocycles. The van der Waals surface area contributed by atoms with Gasteiger partial charge in [0.15, 0.2) is 0 Å². The molecule has 20 heavy (non-hydrogen) atoms. The van der Waals surface area contributed by atoms with Crippen molar-refractivity contribution in [2.24, 2.45) is 5.73 Å². The Labute approximate surface area is 120 Å². The first-order chi connectivity index (χ1) is 9.19. The minimum Gasteiger partial charge on any atom is -0.348 e. The summed E-state index contributed by atoms with van der Waals surface area (Å²) in [4.78, 5) is 11.9. The van der Waals surface area contributed by atoms with E-state index in [-0.39, 0.29) is 24.1 Å². The molecule has 3 N–H and O–H groups in total. The molecule has 5 nitrogen and oxygen atoms in total. The van der Waals surface area contributed by atoms with Gasteiger partial charge in [0, 0.05) is 6.26 Å². The van der Waals surface area contributed by atoms with Crippen molar-refractivity contribution in [3.63, 3.8) is 0 Å². The molecule has 0 aliphatic heterocycles. The standard InChI is InChI=1S/C14H22N2O3S/c1-10-5-4-6-12(9-10)11(2)16-14(17)13(15)7-8-20(3,18)19/h4-6,9,11,13H,7-8,15H2,1-3H3,(H,16,17)/t11-,13?/m1/s1. The highest BCUT2D eigenvalue weighted by atomic mass is 32.2. The summed E-state index contributed by atoms with van der Waals surface area (Å²) in [7, 11) is -3.10. The molecule has 0 aromatic heterocycles. The second-order valence-electron chi connectivity index (χ2n) is 5.17. The third-order valence-electron chi connectivity index (χ3n) is 3.04. The normalized spacial score (nSPS) is 14.6. The van der Waals surface area contributed by atoms with Crippen LogP contribution in [0.5, 0.6) is 0 Å². The van der Waals surface area contributed by atoms with Crippen LogP contribution in [0.1, 0.15) is 30.5 Å². The molecule has 0 fully saturated rings. The maximum Gasteiger partial charge on any atom is 0.237 e. The van der Waals surface area contributed by atoms with Crippen LogP contribution in [0.2, 0.25) is 0 Å². The Morgan fingerprint density at radius 3 is 2.60 bits per heavy atom. The van der Waals surface area contributed by atoms with Crippen molar-refractivity contribution in [1.82, 2.24) is 5.32 Å².